The Morgan fingerprint density at radius 2 is 0.322 bits per heavy atom. The van der Waals surface area contributed by atoms with Gasteiger partial charge in [0.2, 0.25) is 0 Å². The first kappa shape index (κ1) is 102. The summed E-state index contributed by atoms with van der Waals surface area (Å²) in [6.07, 6.45) is 0. The number of rotatable bonds is 0. The van der Waals surface area contributed by atoms with Crippen molar-refractivity contribution in [1.82, 2.24) is 0 Å². The smallest absolute Gasteiger partial charge is 0.0392 e. The number of benzene rings is 9. The van der Waals surface area contributed by atoms with Gasteiger partial charge in [0.1, 0.15) is 0 Å². The van der Waals surface area contributed by atoms with Crippen LogP contribution in [0.25, 0.3) is 0 Å². The second-order valence-corrected chi connectivity index (χ2v) is 23.2. The van der Waals surface area contributed by atoms with Crippen molar-refractivity contribution in [2.45, 2.75) is 254 Å². The second kappa shape index (κ2) is 52.7. The molecule has 9 aromatic carbocycles. The topological polar surface area (TPSA) is 0 Å². The van der Waals surface area contributed by atoms with Crippen LogP contribution in [-0.2, 0) is 0 Å². The molecule has 0 saturated heterocycles. The fraction of sp³-hybridized carbons (Fsp3) is 0.400. The molecular formula is C90H144. The Labute approximate surface area is 564 Å². The van der Waals surface area contributed by atoms with Crippen LogP contribution in [0.2, 0.25) is 0 Å². The molecule has 0 atom stereocenters. The molecule has 0 aliphatic heterocycles. The van der Waals surface area contributed by atoms with Gasteiger partial charge in [0.25, 0.3) is 0 Å². The zero-order valence-corrected chi connectivity index (χ0v) is 56.1. The lowest BCUT2D eigenvalue weighted by Crippen LogP contribution is -1.88. The van der Waals surface area contributed by atoms with Crippen LogP contribution in [0.4, 0.5) is 0 Å². The maximum absolute atomic E-state index is 2.24. The van der Waals surface area contributed by atoms with Gasteiger partial charge in [-0.25, -0.2) is 0 Å². The van der Waals surface area contributed by atoms with E-state index in [9.17, 15) is 0 Å². The molecule has 90 heavy (non-hydrogen) atoms. The molecule has 0 fully saturated rings. The molecule has 0 heterocycles. The minimum atomic E-state index is 0. The molecule has 0 bridgehead atoms. The van der Waals surface area contributed by atoms with Gasteiger partial charge < -0.3 is 0 Å². The molecule has 0 spiro atoms. The molecule has 0 radical (unpaired) electrons. The lowest BCUT2D eigenvalue weighted by Gasteiger charge is -2.06. The highest BCUT2D eigenvalue weighted by Gasteiger charge is 1.99. The monoisotopic (exact) mass is 1230 g/mol. The number of hydrogen-bond donors (Lipinski definition) is 0. The minimum absolute atomic E-state index is 0. The Balaban J connectivity index is -0.000000116. The van der Waals surface area contributed by atoms with Crippen molar-refractivity contribution in [2.75, 3.05) is 0 Å². The molecule has 0 unspecified atom stereocenters. The predicted molar refractivity (Wildman–Crippen MR) is 426 cm³/mol. The molecule has 9 aromatic rings. The Kier molecular flexibility index (Phi) is 59.7. The molecule has 0 amide bonds. The Bertz CT molecular complexity index is 3070. The van der Waals surface area contributed by atoms with Crippen molar-refractivity contribution < 1.29 is 0 Å². The van der Waals surface area contributed by atoms with Gasteiger partial charge in [-0.1, -0.05) is 281 Å². The molecule has 0 aromatic heterocycles. The van der Waals surface area contributed by atoms with E-state index in [4.69, 9.17) is 0 Å². The number of aryl methyl sites for hydroxylation is 23. The summed E-state index contributed by atoms with van der Waals surface area (Å²) < 4.78 is 0. The highest BCUT2D eigenvalue weighted by molar-refractivity contribution is 5.39. The summed E-state index contributed by atoms with van der Waals surface area (Å²) in [5.41, 5.74) is 37.2. The Hall–Kier alpha value is -7.02. The van der Waals surface area contributed by atoms with Gasteiger partial charge in [-0.3, -0.25) is 0 Å². The summed E-state index contributed by atoms with van der Waals surface area (Å²) in [7, 11) is 0. The molecule has 0 heteroatoms. The predicted octanol–water partition coefficient (Wildman–Crippen LogP) is 29.2. The van der Waals surface area contributed by atoms with Crippen LogP contribution in [0.1, 0.15) is 217 Å². The maximum atomic E-state index is 2.24. The van der Waals surface area contributed by atoms with Crippen molar-refractivity contribution in [3.8, 4) is 0 Å². The quantitative estimate of drug-likeness (QED) is 0.142. The van der Waals surface area contributed by atoms with E-state index in [1.54, 1.807) is 0 Å². The average Bonchev–Trinajstić information content (AvgIpc) is 3.38. The van der Waals surface area contributed by atoms with Crippen LogP contribution in [0.5, 0.6) is 0 Å². The molecule has 9 rings (SSSR count). The lowest BCUT2D eigenvalue weighted by molar-refractivity contribution is 1.22. The van der Waals surface area contributed by atoms with Gasteiger partial charge in [0.15, 0.2) is 0 Å². The van der Waals surface area contributed by atoms with Crippen LogP contribution in [0.15, 0.2) is 164 Å². The van der Waals surface area contributed by atoms with Crippen LogP contribution >= 0.6 is 0 Å². The first-order chi connectivity index (χ1) is 37.8. The molecule has 0 nitrogen and oxygen atoms in total. The van der Waals surface area contributed by atoms with Crippen molar-refractivity contribution in [1.29, 1.82) is 0 Å². The summed E-state index contributed by atoms with van der Waals surface area (Å²) in [6.45, 7) is 57.8. The lowest BCUT2D eigenvalue weighted by atomic mass is 10.0. The van der Waals surface area contributed by atoms with E-state index in [1.807, 2.05) is 0 Å². The van der Waals surface area contributed by atoms with E-state index in [1.165, 1.54) is 150 Å². The fourth-order valence-corrected chi connectivity index (χ4v) is 8.55. The molecule has 0 aliphatic rings. The molecule has 0 aliphatic carbocycles. The van der Waals surface area contributed by atoms with Gasteiger partial charge >= 0.3 is 0 Å². The SMILES string of the molecule is C.C.C.C.C.C.C.C.C.Cc1cc(C)c(C)c(C)c1.Cc1cc(C)c(C)cc1C.Cc1cc(C)cc(C)c1.Cc1ccc(C)c(C)c1.Cc1ccc(C)c(C)c1C.Cc1ccc(C)cc1.Cc1cccc(C)c1.Cc1cccc(C)c1C.Cc1ccccc1C. The highest BCUT2D eigenvalue weighted by Crippen LogP contribution is 2.17. The molecule has 0 saturated carbocycles. The fourth-order valence-electron chi connectivity index (χ4n) is 8.55. The van der Waals surface area contributed by atoms with Crippen LogP contribution < -0.4 is 0 Å². The van der Waals surface area contributed by atoms with Gasteiger partial charge in [0.05, 0.1) is 0 Å². The zero-order chi connectivity index (χ0) is 61.7. The van der Waals surface area contributed by atoms with E-state index in [0.29, 0.717) is 0 Å². The third-order valence-corrected chi connectivity index (χ3v) is 15.2. The normalized spacial score (nSPS) is 8.70. The van der Waals surface area contributed by atoms with E-state index in [2.05, 4.69) is 351 Å². The largest absolute Gasteiger partial charge is 0.0776 e. The molecule has 504 valence electrons. The Morgan fingerprint density at radius 3 is 0.589 bits per heavy atom. The van der Waals surface area contributed by atoms with E-state index >= 15 is 0 Å². The third kappa shape index (κ3) is 41.3. The van der Waals surface area contributed by atoms with Crippen LogP contribution in [-0.4, -0.2) is 0 Å². The molecule has 0 N–H and O–H groups in total. The highest BCUT2D eigenvalue weighted by atomic mass is 14.1. The first-order valence-electron chi connectivity index (χ1n) is 29.2. The Morgan fingerprint density at radius 1 is 0.122 bits per heavy atom. The summed E-state index contributed by atoms with van der Waals surface area (Å²) in [5.74, 6) is 0. The third-order valence-electron chi connectivity index (χ3n) is 15.2. The second-order valence-electron chi connectivity index (χ2n) is 23.2. The minimum Gasteiger partial charge on any atom is -0.0776 e. The zero-order valence-electron chi connectivity index (χ0n) is 56.1. The number of hydrogen-bond acceptors (Lipinski definition) is 0. The summed E-state index contributed by atoms with van der Waals surface area (Å²) in [4.78, 5) is 0. The van der Waals surface area contributed by atoms with Crippen LogP contribution in [0.3, 0.4) is 0 Å². The van der Waals surface area contributed by atoms with Crippen molar-refractivity contribution in [3.05, 3.63) is 314 Å². The van der Waals surface area contributed by atoms with Crippen molar-refractivity contribution >= 4 is 0 Å². The van der Waals surface area contributed by atoms with E-state index < -0.39 is 0 Å². The maximum Gasteiger partial charge on any atom is -0.0392 e. The van der Waals surface area contributed by atoms with Gasteiger partial charge in [0, 0.05) is 0 Å². The standard InChI is InChI=1S/3C10H14.3C9H12.3C8H10.9CH4/c1-7-5-9(3)10(4)6-8(7)2;1-7-5-8(2)10(4)9(3)6-7;1-7-5-6-8(2)10(4)9(7)3;1-7-4-8(2)6-9(3)5-7;1-7-4-5-8(2)9(3)6-7;1-7-5-4-6-8(2)9(7)3;1-7-3-5-8(2)6-4-7;1-7-4-3-5-8(2)6-7;1-7-5-3-4-6-8(7)2;;;;;;;;;/h3*5-6H,1-4H3;3*4-6H,1-3H3;3*3-6H,1-2H3;9*1H4. The van der Waals surface area contributed by atoms with Crippen molar-refractivity contribution in [2.24, 2.45) is 0 Å². The van der Waals surface area contributed by atoms with E-state index in [0.717, 1.165) is 0 Å². The summed E-state index contributed by atoms with van der Waals surface area (Å²) in [6, 6.07) is 58.0. The average molecular weight is 1230 g/mol. The molecular weight excluding hydrogens is 1080 g/mol. The van der Waals surface area contributed by atoms with Gasteiger partial charge in [-0.15, -0.1) is 0 Å². The first-order valence-corrected chi connectivity index (χ1v) is 29.2. The summed E-state index contributed by atoms with van der Waals surface area (Å²) in [5, 5.41) is 0. The van der Waals surface area contributed by atoms with Gasteiger partial charge in [-0.05, 0) is 287 Å². The van der Waals surface area contributed by atoms with E-state index in [-0.39, 0.29) is 66.8 Å². The van der Waals surface area contributed by atoms with Gasteiger partial charge in [-0.2, -0.15) is 0 Å². The summed E-state index contributed by atoms with van der Waals surface area (Å²) >= 11 is 0. The van der Waals surface area contributed by atoms with Crippen molar-refractivity contribution in [3.63, 3.8) is 0 Å². The van der Waals surface area contributed by atoms with Crippen LogP contribution in [0, 0.1) is 187 Å².